The zero-order chi connectivity index (χ0) is 19.7. The summed E-state index contributed by atoms with van der Waals surface area (Å²) in [6, 6.07) is 9.69. The van der Waals surface area contributed by atoms with Crippen LogP contribution in [0.25, 0.3) is 0 Å². The maximum atomic E-state index is 12.6. The van der Waals surface area contributed by atoms with Crippen molar-refractivity contribution in [3.05, 3.63) is 47.0 Å². The Bertz CT molecular complexity index is 925. The van der Waals surface area contributed by atoms with Gasteiger partial charge in [-0.15, -0.1) is 0 Å². The van der Waals surface area contributed by atoms with Gasteiger partial charge in [0.25, 0.3) is 5.91 Å². The number of carbonyl (C=O) groups excluding carboxylic acids is 2. The van der Waals surface area contributed by atoms with Crippen molar-refractivity contribution in [2.24, 2.45) is 5.92 Å². The standard InChI is InChI=1S/C20H19ClN2O5/c21-15-9-13(1-3-16(15)24)20(26)23-7-5-12(6-8-23)19(25)22-14-2-4-17-18(10-14)28-11-27-17/h1-4,9-10,12,24H,5-8,11H2,(H,22,25). The normalized spacial score (nSPS) is 16.1. The quantitative estimate of drug-likeness (QED) is 0.822. The first-order chi connectivity index (χ1) is 13.5. The molecule has 1 fully saturated rings. The monoisotopic (exact) mass is 402 g/mol. The number of hydrogen-bond acceptors (Lipinski definition) is 5. The molecule has 0 aliphatic carbocycles. The Hall–Kier alpha value is -2.93. The van der Waals surface area contributed by atoms with E-state index in [0.717, 1.165) is 0 Å². The van der Waals surface area contributed by atoms with Gasteiger partial charge in [0.1, 0.15) is 5.75 Å². The molecule has 0 aromatic heterocycles. The largest absolute Gasteiger partial charge is 0.506 e. The summed E-state index contributed by atoms with van der Waals surface area (Å²) in [7, 11) is 0. The number of hydrogen-bond donors (Lipinski definition) is 2. The number of piperidine rings is 1. The van der Waals surface area contributed by atoms with Crippen LogP contribution in [0.1, 0.15) is 23.2 Å². The van der Waals surface area contributed by atoms with Gasteiger partial charge in [0, 0.05) is 36.3 Å². The molecule has 2 aromatic carbocycles. The molecule has 8 heteroatoms. The number of ether oxygens (including phenoxy) is 2. The highest BCUT2D eigenvalue weighted by Crippen LogP contribution is 2.34. The lowest BCUT2D eigenvalue weighted by atomic mass is 9.95. The van der Waals surface area contributed by atoms with E-state index in [1.165, 1.54) is 12.1 Å². The molecule has 0 unspecified atom stereocenters. The number of carbonyl (C=O) groups is 2. The number of fused-ring (bicyclic) bond motifs is 1. The number of rotatable bonds is 3. The lowest BCUT2D eigenvalue weighted by Gasteiger charge is -2.31. The number of amides is 2. The fraction of sp³-hybridized carbons (Fsp3) is 0.300. The van der Waals surface area contributed by atoms with Crippen LogP contribution < -0.4 is 14.8 Å². The topological polar surface area (TPSA) is 88.1 Å². The number of anilines is 1. The maximum absolute atomic E-state index is 12.6. The van der Waals surface area contributed by atoms with E-state index in [9.17, 15) is 14.7 Å². The minimum atomic E-state index is -0.169. The molecule has 28 heavy (non-hydrogen) atoms. The maximum Gasteiger partial charge on any atom is 0.253 e. The second-order valence-corrected chi connectivity index (χ2v) is 7.20. The first-order valence-corrected chi connectivity index (χ1v) is 9.37. The van der Waals surface area contributed by atoms with Crippen LogP contribution in [0.2, 0.25) is 5.02 Å². The molecule has 0 spiro atoms. The number of nitrogens with zero attached hydrogens (tertiary/aromatic N) is 1. The molecule has 2 N–H and O–H groups in total. The van der Waals surface area contributed by atoms with E-state index in [2.05, 4.69) is 5.32 Å². The molecule has 2 aliphatic rings. The molecule has 0 saturated carbocycles. The SMILES string of the molecule is O=C(Nc1ccc2c(c1)OCO2)C1CCN(C(=O)c2ccc(O)c(Cl)c2)CC1. The molecule has 4 rings (SSSR count). The van der Waals surface area contributed by atoms with Gasteiger partial charge in [0.2, 0.25) is 12.7 Å². The van der Waals surface area contributed by atoms with Crippen molar-refractivity contribution >= 4 is 29.1 Å². The molecule has 2 aromatic rings. The van der Waals surface area contributed by atoms with Gasteiger partial charge in [-0.2, -0.15) is 0 Å². The van der Waals surface area contributed by atoms with Crippen LogP contribution in [0.4, 0.5) is 5.69 Å². The Morgan fingerprint density at radius 1 is 1.07 bits per heavy atom. The summed E-state index contributed by atoms with van der Waals surface area (Å²) in [6.45, 7) is 1.15. The van der Waals surface area contributed by atoms with Gasteiger partial charge < -0.3 is 24.8 Å². The fourth-order valence-corrected chi connectivity index (χ4v) is 3.57. The lowest BCUT2D eigenvalue weighted by Crippen LogP contribution is -2.41. The average Bonchev–Trinajstić information content (AvgIpc) is 3.17. The highest BCUT2D eigenvalue weighted by atomic mass is 35.5. The molecule has 7 nitrogen and oxygen atoms in total. The van der Waals surface area contributed by atoms with Gasteiger partial charge in [-0.3, -0.25) is 9.59 Å². The van der Waals surface area contributed by atoms with Crippen LogP contribution in [0, 0.1) is 5.92 Å². The first kappa shape index (κ1) is 18.4. The summed E-state index contributed by atoms with van der Waals surface area (Å²) >= 11 is 5.88. The Balaban J connectivity index is 1.33. The van der Waals surface area contributed by atoms with Gasteiger partial charge in [0.05, 0.1) is 5.02 Å². The molecule has 2 amide bonds. The van der Waals surface area contributed by atoms with Gasteiger partial charge in [0.15, 0.2) is 11.5 Å². The van der Waals surface area contributed by atoms with Crippen molar-refractivity contribution in [2.75, 3.05) is 25.2 Å². The van der Waals surface area contributed by atoms with Crippen LogP contribution in [0.3, 0.4) is 0 Å². The van der Waals surface area contributed by atoms with E-state index in [4.69, 9.17) is 21.1 Å². The van der Waals surface area contributed by atoms with E-state index in [1.807, 2.05) is 0 Å². The van der Waals surface area contributed by atoms with Gasteiger partial charge >= 0.3 is 0 Å². The third-order valence-corrected chi connectivity index (χ3v) is 5.29. The molecule has 1 saturated heterocycles. The molecular formula is C20H19ClN2O5. The third-order valence-electron chi connectivity index (χ3n) is 4.99. The summed E-state index contributed by atoms with van der Waals surface area (Å²) in [5.74, 6) is 0.829. The summed E-state index contributed by atoms with van der Waals surface area (Å²) in [5, 5.41) is 12.5. The number of phenols is 1. The number of nitrogens with one attached hydrogen (secondary N) is 1. The third kappa shape index (κ3) is 3.71. The summed E-state index contributed by atoms with van der Waals surface area (Å²) in [4.78, 5) is 26.9. The van der Waals surface area contributed by atoms with Crippen molar-refractivity contribution in [1.82, 2.24) is 4.90 Å². The summed E-state index contributed by atoms with van der Waals surface area (Å²) in [6.07, 6.45) is 1.15. The number of benzene rings is 2. The van der Waals surface area contributed by atoms with Crippen LogP contribution >= 0.6 is 11.6 Å². The van der Waals surface area contributed by atoms with Crippen LogP contribution in [0.15, 0.2) is 36.4 Å². The molecular weight excluding hydrogens is 384 g/mol. The van der Waals surface area contributed by atoms with Crippen molar-refractivity contribution < 1.29 is 24.2 Å². The predicted molar refractivity (Wildman–Crippen MR) is 103 cm³/mol. The van der Waals surface area contributed by atoms with Crippen molar-refractivity contribution in [1.29, 1.82) is 0 Å². The Labute approximate surface area is 166 Å². The molecule has 146 valence electrons. The van der Waals surface area contributed by atoms with Gasteiger partial charge in [-0.25, -0.2) is 0 Å². The van der Waals surface area contributed by atoms with E-state index in [1.54, 1.807) is 29.2 Å². The van der Waals surface area contributed by atoms with Gasteiger partial charge in [-0.1, -0.05) is 11.6 Å². The highest BCUT2D eigenvalue weighted by molar-refractivity contribution is 6.32. The van der Waals surface area contributed by atoms with Crippen LogP contribution in [-0.4, -0.2) is 41.7 Å². The molecule has 0 bridgehead atoms. The number of halogens is 1. The van der Waals surface area contributed by atoms with E-state index >= 15 is 0 Å². The average molecular weight is 403 g/mol. The smallest absolute Gasteiger partial charge is 0.253 e. The van der Waals surface area contributed by atoms with Crippen molar-refractivity contribution in [2.45, 2.75) is 12.8 Å². The number of likely N-dealkylation sites (tertiary alicyclic amines) is 1. The minimum Gasteiger partial charge on any atom is -0.506 e. The Morgan fingerprint density at radius 3 is 2.57 bits per heavy atom. The Morgan fingerprint density at radius 2 is 1.82 bits per heavy atom. The van der Waals surface area contributed by atoms with Crippen molar-refractivity contribution in [3.8, 4) is 17.2 Å². The zero-order valence-corrected chi connectivity index (χ0v) is 15.7. The summed E-state index contributed by atoms with van der Waals surface area (Å²) < 4.78 is 10.6. The number of phenolic OH excluding ortho intramolecular Hbond substituents is 1. The zero-order valence-electron chi connectivity index (χ0n) is 15.0. The van der Waals surface area contributed by atoms with E-state index in [-0.39, 0.29) is 35.3 Å². The second kappa shape index (κ2) is 7.59. The highest BCUT2D eigenvalue weighted by Gasteiger charge is 2.28. The van der Waals surface area contributed by atoms with Crippen molar-refractivity contribution in [3.63, 3.8) is 0 Å². The van der Waals surface area contributed by atoms with E-state index in [0.29, 0.717) is 48.7 Å². The van der Waals surface area contributed by atoms with Crippen LogP contribution in [-0.2, 0) is 4.79 Å². The molecule has 2 aliphatic heterocycles. The minimum absolute atomic E-state index is 0.0582. The fourth-order valence-electron chi connectivity index (χ4n) is 3.39. The number of aromatic hydroxyl groups is 1. The molecule has 2 heterocycles. The molecule has 0 atom stereocenters. The second-order valence-electron chi connectivity index (χ2n) is 6.79. The molecule has 0 radical (unpaired) electrons. The summed E-state index contributed by atoms with van der Waals surface area (Å²) in [5.41, 5.74) is 1.08. The lowest BCUT2D eigenvalue weighted by molar-refractivity contribution is -0.121. The predicted octanol–water partition coefficient (Wildman–Crippen LogP) is 3.27. The first-order valence-electron chi connectivity index (χ1n) is 8.99. The van der Waals surface area contributed by atoms with E-state index < -0.39 is 0 Å². The van der Waals surface area contributed by atoms with Gasteiger partial charge in [-0.05, 0) is 43.2 Å². The Kier molecular flexibility index (Phi) is 5.00. The van der Waals surface area contributed by atoms with Crippen LogP contribution in [0.5, 0.6) is 17.2 Å².